The Kier molecular flexibility index (Phi) is 3.83. The highest BCUT2D eigenvalue weighted by atomic mass is 19.1. The number of H-pyrrole nitrogens is 1. The zero-order valence-corrected chi connectivity index (χ0v) is 14.1. The quantitative estimate of drug-likeness (QED) is 0.724. The molecule has 132 valence electrons. The van der Waals surface area contributed by atoms with Gasteiger partial charge in [0.1, 0.15) is 11.6 Å². The van der Waals surface area contributed by atoms with Crippen molar-refractivity contribution in [2.24, 2.45) is 0 Å². The van der Waals surface area contributed by atoms with E-state index < -0.39 is 11.4 Å². The molecule has 1 aromatic heterocycles. The van der Waals surface area contributed by atoms with E-state index in [1.807, 2.05) is 0 Å². The number of carbonyl (C=O) groups is 1. The van der Waals surface area contributed by atoms with Gasteiger partial charge in [-0.1, -0.05) is 6.07 Å². The van der Waals surface area contributed by atoms with Gasteiger partial charge in [-0.25, -0.2) is 8.78 Å². The lowest BCUT2D eigenvalue weighted by Crippen LogP contribution is -2.37. The fraction of sp³-hybridized carbons (Fsp3) is 0.200. The fourth-order valence-electron chi connectivity index (χ4n) is 3.61. The van der Waals surface area contributed by atoms with Crippen LogP contribution in [0, 0.1) is 18.6 Å². The number of hydrogen-bond acceptors (Lipinski definition) is 2. The number of rotatable bonds is 1. The Morgan fingerprint density at radius 2 is 1.96 bits per heavy atom. The van der Waals surface area contributed by atoms with Crippen molar-refractivity contribution >= 4 is 22.5 Å². The summed E-state index contributed by atoms with van der Waals surface area (Å²) >= 11 is 0. The number of aromatic amines is 1. The van der Waals surface area contributed by atoms with Gasteiger partial charge in [0.05, 0.1) is 16.8 Å². The summed E-state index contributed by atoms with van der Waals surface area (Å²) in [5, 5.41) is 0.456. The Balaban J connectivity index is 1.90. The first-order valence-corrected chi connectivity index (χ1v) is 8.38. The number of aromatic nitrogens is 1. The van der Waals surface area contributed by atoms with Crippen molar-refractivity contribution in [3.63, 3.8) is 0 Å². The van der Waals surface area contributed by atoms with Crippen LogP contribution in [0.4, 0.5) is 14.5 Å². The first kappa shape index (κ1) is 16.4. The van der Waals surface area contributed by atoms with Crippen molar-refractivity contribution in [1.29, 1.82) is 0 Å². The second-order valence-corrected chi connectivity index (χ2v) is 6.48. The molecule has 0 unspecified atom stereocenters. The Bertz CT molecular complexity index is 1100. The molecule has 0 fully saturated rings. The molecule has 1 aliphatic rings. The van der Waals surface area contributed by atoms with Crippen LogP contribution in [0.25, 0.3) is 10.9 Å². The van der Waals surface area contributed by atoms with Gasteiger partial charge in [-0.05, 0) is 49.6 Å². The van der Waals surface area contributed by atoms with Crippen molar-refractivity contribution in [3.05, 3.63) is 75.1 Å². The number of benzene rings is 2. The van der Waals surface area contributed by atoms with Gasteiger partial charge in [0, 0.05) is 23.6 Å². The van der Waals surface area contributed by atoms with Crippen molar-refractivity contribution in [3.8, 4) is 0 Å². The van der Waals surface area contributed by atoms with Crippen molar-refractivity contribution < 1.29 is 13.6 Å². The van der Waals surface area contributed by atoms with Crippen LogP contribution in [0.1, 0.15) is 27.9 Å². The second-order valence-electron chi connectivity index (χ2n) is 6.48. The maximum atomic E-state index is 14.1. The highest BCUT2D eigenvalue weighted by molar-refractivity contribution is 6.14. The third-order valence-electron chi connectivity index (χ3n) is 4.83. The summed E-state index contributed by atoms with van der Waals surface area (Å²) in [6, 6.07) is 8.22. The summed E-state index contributed by atoms with van der Waals surface area (Å²) < 4.78 is 27.6. The first-order chi connectivity index (χ1) is 12.5. The van der Waals surface area contributed by atoms with Crippen LogP contribution in [0.5, 0.6) is 0 Å². The topological polar surface area (TPSA) is 53.2 Å². The van der Waals surface area contributed by atoms with Crippen LogP contribution in [0.2, 0.25) is 0 Å². The van der Waals surface area contributed by atoms with Gasteiger partial charge >= 0.3 is 0 Å². The largest absolute Gasteiger partial charge is 0.322 e. The normalized spacial score (nSPS) is 13.7. The van der Waals surface area contributed by atoms with Crippen molar-refractivity contribution in [2.45, 2.75) is 19.8 Å². The van der Waals surface area contributed by atoms with Crippen LogP contribution in [0.3, 0.4) is 0 Å². The summed E-state index contributed by atoms with van der Waals surface area (Å²) in [5.74, 6) is -1.26. The number of nitrogens with zero attached hydrogens (tertiary/aromatic N) is 1. The summed E-state index contributed by atoms with van der Waals surface area (Å²) in [6.45, 7) is 2.08. The standard InChI is InChI=1S/C20H16F2N2O2/c1-11-16(22)7-4-12-3-2-8-24(19(11)12)20(26)15-10-18(25)23-17-9-13(21)5-6-14(15)17/h4-7,9-10H,2-3,8H2,1H3,(H,23,25). The molecular weight excluding hydrogens is 338 g/mol. The van der Waals surface area contributed by atoms with Gasteiger partial charge in [0.2, 0.25) is 5.56 Å². The summed E-state index contributed by atoms with van der Waals surface area (Å²) in [6.07, 6.45) is 1.52. The third-order valence-corrected chi connectivity index (χ3v) is 4.83. The molecule has 0 bridgehead atoms. The lowest BCUT2D eigenvalue weighted by molar-refractivity contribution is 0.0986. The average molecular weight is 354 g/mol. The van der Waals surface area contributed by atoms with Crippen LogP contribution >= 0.6 is 0 Å². The number of hydrogen-bond donors (Lipinski definition) is 1. The maximum Gasteiger partial charge on any atom is 0.259 e. The second kappa shape index (κ2) is 6.05. The van der Waals surface area contributed by atoms with Gasteiger partial charge in [0.25, 0.3) is 5.91 Å². The minimum atomic E-state index is -0.501. The van der Waals surface area contributed by atoms with E-state index in [1.165, 1.54) is 35.2 Å². The van der Waals surface area contributed by atoms with E-state index >= 15 is 0 Å². The molecular formula is C20H16F2N2O2. The smallest absolute Gasteiger partial charge is 0.259 e. The third kappa shape index (κ3) is 2.58. The summed E-state index contributed by atoms with van der Waals surface area (Å²) in [4.78, 5) is 29.3. The van der Waals surface area contributed by atoms with Crippen molar-refractivity contribution in [1.82, 2.24) is 4.98 Å². The van der Waals surface area contributed by atoms with Crippen molar-refractivity contribution in [2.75, 3.05) is 11.4 Å². The highest BCUT2D eigenvalue weighted by Crippen LogP contribution is 2.33. The molecule has 3 aromatic rings. The lowest BCUT2D eigenvalue weighted by Gasteiger charge is -2.31. The number of nitrogens with one attached hydrogen (secondary N) is 1. The van der Waals surface area contributed by atoms with Gasteiger partial charge < -0.3 is 9.88 Å². The van der Waals surface area contributed by atoms with Crippen LogP contribution < -0.4 is 10.5 Å². The summed E-state index contributed by atoms with van der Waals surface area (Å²) in [7, 11) is 0. The maximum absolute atomic E-state index is 14.1. The molecule has 0 saturated heterocycles. The van der Waals surface area contributed by atoms with E-state index in [2.05, 4.69) is 4.98 Å². The zero-order chi connectivity index (χ0) is 18.4. The number of anilines is 1. The predicted octanol–water partition coefficient (Wildman–Crippen LogP) is 3.71. The van der Waals surface area contributed by atoms with Gasteiger partial charge in [0.15, 0.2) is 0 Å². The van der Waals surface area contributed by atoms with E-state index in [-0.39, 0.29) is 22.8 Å². The molecule has 0 atom stereocenters. The van der Waals surface area contributed by atoms with E-state index in [0.717, 1.165) is 18.4 Å². The number of fused-ring (bicyclic) bond motifs is 2. The van der Waals surface area contributed by atoms with Crippen LogP contribution in [-0.4, -0.2) is 17.4 Å². The van der Waals surface area contributed by atoms with Crippen LogP contribution in [-0.2, 0) is 6.42 Å². The molecule has 2 heterocycles. The molecule has 1 aliphatic heterocycles. The molecule has 0 radical (unpaired) electrons. The van der Waals surface area contributed by atoms with E-state index in [9.17, 15) is 18.4 Å². The zero-order valence-electron chi connectivity index (χ0n) is 14.1. The molecule has 1 N–H and O–H groups in total. The first-order valence-electron chi connectivity index (χ1n) is 8.38. The molecule has 2 aromatic carbocycles. The SMILES string of the molecule is Cc1c(F)ccc2c1N(C(=O)c1cc(=O)[nH]c3cc(F)ccc13)CCC2. The molecule has 4 rings (SSSR count). The van der Waals surface area contributed by atoms with Gasteiger partial charge in [-0.3, -0.25) is 9.59 Å². The molecule has 1 amide bonds. The monoisotopic (exact) mass is 354 g/mol. The number of aryl methyl sites for hydroxylation is 1. The van der Waals surface area contributed by atoms with E-state index in [1.54, 1.807) is 13.0 Å². The van der Waals surface area contributed by atoms with E-state index in [4.69, 9.17) is 0 Å². The Morgan fingerprint density at radius 3 is 2.77 bits per heavy atom. The minimum absolute atomic E-state index is 0.181. The van der Waals surface area contributed by atoms with Crippen LogP contribution in [0.15, 0.2) is 41.2 Å². The molecule has 4 nitrogen and oxygen atoms in total. The lowest BCUT2D eigenvalue weighted by atomic mass is 9.96. The van der Waals surface area contributed by atoms with E-state index in [0.29, 0.717) is 23.2 Å². The molecule has 6 heteroatoms. The molecule has 0 spiro atoms. The average Bonchev–Trinajstić information content (AvgIpc) is 2.62. The van der Waals surface area contributed by atoms with Gasteiger partial charge in [-0.15, -0.1) is 0 Å². The number of carbonyl (C=O) groups excluding carboxylic acids is 1. The molecule has 26 heavy (non-hydrogen) atoms. The fourth-order valence-corrected chi connectivity index (χ4v) is 3.61. The Labute approximate surface area is 148 Å². The Hall–Kier alpha value is -3.02. The van der Waals surface area contributed by atoms with Gasteiger partial charge in [-0.2, -0.15) is 0 Å². The predicted molar refractivity (Wildman–Crippen MR) is 95.7 cm³/mol. The highest BCUT2D eigenvalue weighted by Gasteiger charge is 2.27. The summed E-state index contributed by atoms with van der Waals surface area (Å²) in [5.41, 5.74) is 1.84. The number of amides is 1. The number of halogens is 2. The molecule has 0 aliphatic carbocycles. The minimum Gasteiger partial charge on any atom is -0.322 e. The Morgan fingerprint density at radius 1 is 1.15 bits per heavy atom. The number of pyridine rings is 1. The molecule has 0 saturated carbocycles.